The minimum Gasteiger partial charge on any atom is -0.495 e. The topological polar surface area (TPSA) is 77.2 Å². The van der Waals surface area contributed by atoms with Crippen LogP contribution in [0.2, 0.25) is 5.02 Å². The van der Waals surface area contributed by atoms with Crippen molar-refractivity contribution in [3.05, 3.63) is 41.6 Å². The molecule has 0 saturated carbocycles. The number of pyridine rings is 1. The number of hydrogen-bond acceptors (Lipinski definition) is 5. The second-order valence-electron chi connectivity index (χ2n) is 4.52. The van der Waals surface area contributed by atoms with Gasteiger partial charge in [0.05, 0.1) is 35.0 Å². The predicted molar refractivity (Wildman–Crippen MR) is 90.6 cm³/mol. The number of benzene rings is 1. The Morgan fingerprint density at radius 1 is 1.41 bits per heavy atom. The van der Waals surface area contributed by atoms with Gasteiger partial charge in [-0.2, -0.15) is 0 Å². The van der Waals surface area contributed by atoms with Crippen molar-refractivity contribution in [2.24, 2.45) is 0 Å². The molecule has 116 valence electrons. The predicted octanol–water partition coefficient (Wildman–Crippen LogP) is 3.45. The summed E-state index contributed by atoms with van der Waals surface area (Å²) in [6.07, 6.45) is 1.56. The number of nitrogens with two attached hydrogens (primary N) is 1. The first kappa shape index (κ1) is 16.5. The lowest BCUT2D eigenvalue weighted by atomic mass is 10.3. The van der Waals surface area contributed by atoms with Crippen LogP contribution in [0.15, 0.2) is 41.6 Å². The van der Waals surface area contributed by atoms with Crippen molar-refractivity contribution in [3.8, 4) is 5.75 Å². The average Bonchev–Trinajstić information content (AvgIpc) is 2.49. The van der Waals surface area contributed by atoms with Crippen LogP contribution >= 0.6 is 23.4 Å². The number of ether oxygens (including phenoxy) is 1. The molecule has 0 saturated heterocycles. The zero-order chi connectivity index (χ0) is 16.1. The lowest BCUT2D eigenvalue weighted by Gasteiger charge is -2.14. The van der Waals surface area contributed by atoms with Gasteiger partial charge in [0.25, 0.3) is 0 Å². The largest absolute Gasteiger partial charge is 0.495 e. The molecule has 2 aromatic rings. The van der Waals surface area contributed by atoms with Crippen LogP contribution < -0.4 is 15.8 Å². The summed E-state index contributed by atoms with van der Waals surface area (Å²) in [4.78, 5) is 16.4. The van der Waals surface area contributed by atoms with Crippen molar-refractivity contribution >= 4 is 40.6 Å². The molecule has 1 heterocycles. The van der Waals surface area contributed by atoms with E-state index in [-0.39, 0.29) is 11.2 Å². The second-order valence-corrected chi connectivity index (χ2v) is 6.32. The van der Waals surface area contributed by atoms with Crippen molar-refractivity contribution in [3.63, 3.8) is 0 Å². The van der Waals surface area contributed by atoms with Crippen molar-refractivity contribution in [2.75, 3.05) is 18.2 Å². The number of methoxy groups -OCH3 is 1. The van der Waals surface area contributed by atoms with E-state index in [1.807, 2.05) is 0 Å². The van der Waals surface area contributed by atoms with Crippen LogP contribution in [-0.2, 0) is 4.79 Å². The first-order valence-corrected chi connectivity index (χ1v) is 7.78. The van der Waals surface area contributed by atoms with Gasteiger partial charge in [0.1, 0.15) is 5.75 Å². The number of halogens is 1. The number of aromatic nitrogens is 1. The molecule has 1 unspecified atom stereocenters. The summed E-state index contributed by atoms with van der Waals surface area (Å²) >= 11 is 7.29. The summed E-state index contributed by atoms with van der Waals surface area (Å²) in [7, 11) is 1.54. The molecule has 0 bridgehead atoms. The highest BCUT2D eigenvalue weighted by Crippen LogP contribution is 2.29. The number of hydrogen-bond donors (Lipinski definition) is 2. The number of carbonyl (C=O) groups excluding carboxylic acids is 1. The van der Waals surface area contributed by atoms with Gasteiger partial charge in [-0.1, -0.05) is 23.4 Å². The van der Waals surface area contributed by atoms with E-state index in [1.165, 1.54) is 18.9 Å². The Bertz CT molecular complexity index is 664. The highest BCUT2D eigenvalue weighted by Gasteiger charge is 2.17. The molecule has 0 aliphatic heterocycles. The van der Waals surface area contributed by atoms with E-state index in [0.29, 0.717) is 22.1 Å². The van der Waals surface area contributed by atoms with Gasteiger partial charge in [0.15, 0.2) is 0 Å². The Hall–Kier alpha value is -1.92. The van der Waals surface area contributed by atoms with Crippen molar-refractivity contribution in [1.29, 1.82) is 0 Å². The minimum atomic E-state index is -0.334. The van der Waals surface area contributed by atoms with Crippen LogP contribution in [0.4, 0.5) is 11.4 Å². The molecule has 1 aromatic carbocycles. The molecule has 0 aliphatic carbocycles. The SMILES string of the molecule is COc1ccc(Cl)cc1NC(=O)C(C)Sc1ccc(N)cn1. The van der Waals surface area contributed by atoms with Crippen LogP contribution in [0, 0.1) is 0 Å². The Kier molecular flexibility index (Phi) is 5.51. The Morgan fingerprint density at radius 2 is 2.18 bits per heavy atom. The molecule has 2 rings (SSSR count). The number of rotatable bonds is 5. The highest BCUT2D eigenvalue weighted by molar-refractivity contribution is 8.00. The van der Waals surface area contributed by atoms with E-state index in [0.717, 1.165) is 5.03 Å². The van der Waals surface area contributed by atoms with Gasteiger partial charge < -0.3 is 15.8 Å². The van der Waals surface area contributed by atoms with Gasteiger partial charge in [0, 0.05) is 5.02 Å². The molecule has 22 heavy (non-hydrogen) atoms. The number of thioether (sulfide) groups is 1. The summed E-state index contributed by atoms with van der Waals surface area (Å²) in [6, 6.07) is 8.59. The number of nitrogens with one attached hydrogen (secondary N) is 1. The normalized spacial score (nSPS) is 11.8. The molecule has 0 spiro atoms. The fourth-order valence-corrected chi connectivity index (χ4v) is 2.67. The lowest BCUT2D eigenvalue weighted by Crippen LogP contribution is -2.22. The molecule has 1 atom stereocenters. The van der Waals surface area contributed by atoms with E-state index in [9.17, 15) is 4.79 Å². The maximum Gasteiger partial charge on any atom is 0.237 e. The maximum absolute atomic E-state index is 12.3. The third kappa shape index (κ3) is 4.29. The van der Waals surface area contributed by atoms with Gasteiger partial charge in [-0.05, 0) is 37.3 Å². The Balaban J connectivity index is 2.05. The Labute approximate surface area is 138 Å². The van der Waals surface area contributed by atoms with E-state index in [2.05, 4.69) is 10.3 Å². The van der Waals surface area contributed by atoms with E-state index in [1.54, 1.807) is 43.5 Å². The molecule has 3 N–H and O–H groups in total. The molecule has 0 radical (unpaired) electrons. The molecular weight excluding hydrogens is 322 g/mol. The van der Waals surface area contributed by atoms with Gasteiger partial charge in [-0.25, -0.2) is 4.98 Å². The molecular formula is C15H16ClN3O2S. The molecule has 7 heteroatoms. The highest BCUT2D eigenvalue weighted by atomic mass is 35.5. The van der Waals surface area contributed by atoms with Gasteiger partial charge in [0.2, 0.25) is 5.91 Å². The van der Waals surface area contributed by atoms with E-state index in [4.69, 9.17) is 22.1 Å². The number of amides is 1. The van der Waals surface area contributed by atoms with Gasteiger partial charge >= 0.3 is 0 Å². The van der Waals surface area contributed by atoms with Gasteiger partial charge in [-0.15, -0.1) is 0 Å². The fourth-order valence-electron chi connectivity index (χ4n) is 1.71. The fraction of sp³-hybridized carbons (Fsp3) is 0.200. The molecule has 0 fully saturated rings. The summed E-state index contributed by atoms with van der Waals surface area (Å²) in [5, 5.41) is 3.73. The summed E-state index contributed by atoms with van der Waals surface area (Å²) in [5.41, 5.74) is 6.72. The zero-order valence-electron chi connectivity index (χ0n) is 12.2. The van der Waals surface area contributed by atoms with Crippen LogP contribution in [-0.4, -0.2) is 23.3 Å². The molecule has 1 amide bonds. The van der Waals surface area contributed by atoms with E-state index >= 15 is 0 Å². The van der Waals surface area contributed by atoms with Crippen molar-refractivity contribution < 1.29 is 9.53 Å². The van der Waals surface area contributed by atoms with Crippen LogP contribution in [0.5, 0.6) is 5.75 Å². The zero-order valence-corrected chi connectivity index (χ0v) is 13.7. The summed E-state index contributed by atoms with van der Waals surface area (Å²) in [6.45, 7) is 1.80. The Morgan fingerprint density at radius 3 is 2.82 bits per heavy atom. The number of anilines is 2. The smallest absolute Gasteiger partial charge is 0.237 e. The summed E-state index contributed by atoms with van der Waals surface area (Å²) < 4.78 is 5.21. The molecule has 0 aliphatic rings. The molecule has 1 aromatic heterocycles. The third-order valence-electron chi connectivity index (χ3n) is 2.85. The van der Waals surface area contributed by atoms with Crippen LogP contribution in [0.25, 0.3) is 0 Å². The van der Waals surface area contributed by atoms with Crippen LogP contribution in [0.1, 0.15) is 6.92 Å². The van der Waals surface area contributed by atoms with Crippen molar-refractivity contribution in [1.82, 2.24) is 4.98 Å². The first-order valence-electron chi connectivity index (χ1n) is 6.52. The standard InChI is InChI=1S/C15H16ClN3O2S/c1-9(22-14-6-4-11(17)8-18-14)15(20)19-12-7-10(16)3-5-13(12)21-2/h3-9H,17H2,1-2H3,(H,19,20). The van der Waals surface area contributed by atoms with E-state index < -0.39 is 0 Å². The van der Waals surface area contributed by atoms with Crippen molar-refractivity contribution in [2.45, 2.75) is 17.2 Å². The molecule has 5 nitrogen and oxygen atoms in total. The number of nitrogen functional groups attached to an aromatic ring is 1. The average molecular weight is 338 g/mol. The first-order chi connectivity index (χ1) is 10.5. The minimum absolute atomic E-state index is 0.163. The monoisotopic (exact) mass is 337 g/mol. The maximum atomic E-state index is 12.3. The second kappa shape index (κ2) is 7.38. The lowest BCUT2D eigenvalue weighted by molar-refractivity contribution is -0.115. The van der Waals surface area contributed by atoms with Gasteiger partial charge in [-0.3, -0.25) is 4.79 Å². The third-order valence-corrected chi connectivity index (χ3v) is 4.13. The van der Waals surface area contributed by atoms with Crippen LogP contribution in [0.3, 0.4) is 0 Å². The number of carbonyl (C=O) groups is 1. The number of nitrogens with zero attached hydrogens (tertiary/aromatic N) is 1. The summed E-state index contributed by atoms with van der Waals surface area (Å²) in [5.74, 6) is 0.393. The quantitative estimate of drug-likeness (QED) is 0.817.